The van der Waals surface area contributed by atoms with E-state index in [9.17, 15) is 9.59 Å². The maximum absolute atomic E-state index is 11.8. The normalized spacial score (nSPS) is 14.7. The van der Waals surface area contributed by atoms with E-state index < -0.39 is 5.97 Å². The first kappa shape index (κ1) is 15.0. The van der Waals surface area contributed by atoms with E-state index in [0.717, 1.165) is 35.7 Å². The second-order valence-electron chi connectivity index (χ2n) is 4.95. The lowest BCUT2D eigenvalue weighted by atomic mass is 10.3. The molecular weight excluding hydrogens is 276 g/mol. The van der Waals surface area contributed by atoms with E-state index >= 15 is 0 Å². The fourth-order valence-electron chi connectivity index (χ4n) is 2.29. The number of carboxylic acids is 1. The third-order valence-electron chi connectivity index (χ3n) is 3.32. The van der Waals surface area contributed by atoms with Gasteiger partial charge in [0, 0.05) is 42.4 Å². The van der Waals surface area contributed by atoms with Crippen molar-refractivity contribution in [3.63, 3.8) is 0 Å². The Hall–Kier alpha value is -1.40. The standard InChI is InChI=1S/C14H20N2O3S/c17-13(16-7-1-2-8-16)5-6-15-10-12-4-3-11(20-12)9-14(18)19/h3-4,15H,1-2,5-10H2,(H,18,19). The fourth-order valence-corrected chi connectivity index (χ4v) is 3.27. The number of rotatable bonds is 7. The maximum atomic E-state index is 11.8. The van der Waals surface area contributed by atoms with Gasteiger partial charge in [-0.15, -0.1) is 11.3 Å². The number of nitrogens with zero attached hydrogens (tertiary/aromatic N) is 1. The first-order chi connectivity index (χ1) is 9.65. The Morgan fingerprint density at radius 2 is 1.95 bits per heavy atom. The van der Waals surface area contributed by atoms with Gasteiger partial charge in [-0.2, -0.15) is 0 Å². The SMILES string of the molecule is O=C(O)Cc1ccc(CNCCC(=O)N2CCCC2)s1. The predicted molar refractivity (Wildman–Crippen MR) is 77.8 cm³/mol. The highest BCUT2D eigenvalue weighted by Crippen LogP contribution is 2.16. The van der Waals surface area contributed by atoms with Crippen LogP contribution in [0, 0.1) is 0 Å². The highest BCUT2D eigenvalue weighted by atomic mass is 32.1. The number of nitrogens with one attached hydrogen (secondary N) is 1. The molecule has 2 heterocycles. The zero-order chi connectivity index (χ0) is 14.4. The molecule has 1 aliphatic heterocycles. The highest BCUT2D eigenvalue weighted by Gasteiger charge is 2.16. The molecule has 110 valence electrons. The number of aliphatic carboxylic acids is 1. The Morgan fingerprint density at radius 3 is 2.65 bits per heavy atom. The molecule has 1 amide bonds. The van der Waals surface area contributed by atoms with Crippen molar-refractivity contribution in [3.8, 4) is 0 Å². The van der Waals surface area contributed by atoms with Crippen LogP contribution < -0.4 is 5.32 Å². The number of carbonyl (C=O) groups is 2. The van der Waals surface area contributed by atoms with Crippen molar-refractivity contribution in [3.05, 3.63) is 21.9 Å². The highest BCUT2D eigenvalue weighted by molar-refractivity contribution is 7.12. The molecule has 0 atom stereocenters. The van der Waals surface area contributed by atoms with Crippen LogP contribution in [0.1, 0.15) is 29.0 Å². The Bertz CT molecular complexity index is 467. The third-order valence-corrected chi connectivity index (χ3v) is 4.40. The molecular formula is C14H20N2O3S. The summed E-state index contributed by atoms with van der Waals surface area (Å²) in [6.45, 7) is 3.17. The van der Waals surface area contributed by atoms with Crippen molar-refractivity contribution in [1.29, 1.82) is 0 Å². The largest absolute Gasteiger partial charge is 0.481 e. The smallest absolute Gasteiger partial charge is 0.308 e. The van der Waals surface area contributed by atoms with Crippen molar-refractivity contribution in [1.82, 2.24) is 10.2 Å². The van der Waals surface area contributed by atoms with Gasteiger partial charge in [0.2, 0.25) is 5.91 Å². The number of thiophene rings is 1. The van der Waals surface area contributed by atoms with Crippen LogP contribution in [0.2, 0.25) is 0 Å². The van der Waals surface area contributed by atoms with Gasteiger partial charge in [-0.25, -0.2) is 0 Å². The quantitative estimate of drug-likeness (QED) is 0.748. The summed E-state index contributed by atoms with van der Waals surface area (Å²) in [4.78, 5) is 26.3. The van der Waals surface area contributed by atoms with Gasteiger partial charge in [0.25, 0.3) is 0 Å². The van der Waals surface area contributed by atoms with Crippen LogP contribution >= 0.6 is 11.3 Å². The first-order valence-electron chi connectivity index (χ1n) is 6.93. The Balaban J connectivity index is 1.64. The van der Waals surface area contributed by atoms with Crippen LogP contribution in [0.15, 0.2) is 12.1 Å². The topological polar surface area (TPSA) is 69.6 Å². The molecule has 20 heavy (non-hydrogen) atoms. The maximum Gasteiger partial charge on any atom is 0.308 e. The molecule has 0 spiro atoms. The Morgan fingerprint density at radius 1 is 1.25 bits per heavy atom. The summed E-state index contributed by atoms with van der Waals surface area (Å²) in [5.74, 6) is -0.574. The number of likely N-dealkylation sites (tertiary alicyclic amines) is 1. The second-order valence-corrected chi connectivity index (χ2v) is 6.21. The number of hydrogen-bond donors (Lipinski definition) is 2. The Labute approximate surface area is 122 Å². The summed E-state index contributed by atoms with van der Waals surface area (Å²) in [5, 5.41) is 11.9. The minimum atomic E-state index is -0.803. The molecule has 0 aliphatic carbocycles. The van der Waals surface area contributed by atoms with Gasteiger partial charge in [0.15, 0.2) is 0 Å². The van der Waals surface area contributed by atoms with Crippen LogP contribution in [0.3, 0.4) is 0 Å². The average Bonchev–Trinajstić information content (AvgIpc) is 3.04. The Kier molecular flexibility index (Phi) is 5.55. The zero-order valence-corrected chi connectivity index (χ0v) is 12.2. The minimum Gasteiger partial charge on any atom is -0.481 e. The average molecular weight is 296 g/mol. The molecule has 6 heteroatoms. The number of amides is 1. The van der Waals surface area contributed by atoms with Crippen molar-refractivity contribution >= 4 is 23.2 Å². The lowest BCUT2D eigenvalue weighted by molar-refractivity contribution is -0.136. The molecule has 0 aromatic carbocycles. The van der Waals surface area contributed by atoms with E-state index in [0.29, 0.717) is 19.5 Å². The predicted octanol–water partition coefficient (Wildman–Crippen LogP) is 1.48. The fraction of sp³-hybridized carbons (Fsp3) is 0.571. The zero-order valence-electron chi connectivity index (χ0n) is 11.4. The summed E-state index contributed by atoms with van der Waals surface area (Å²) in [5.41, 5.74) is 0. The molecule has 2 rings (SSSR count). The van der Waals surface area contributed by atoms with E-state index in [2.05, 4.69) is 5.32 Å². The number of hydrogen-bond acceptors (Lipinski definition) is 4. The van der Waals surface area contributed by atoms with Gasteiger partial charge in [-0.3, -0.25) is 9.59 Å². The van der Waals surface area contributed by atoms with Crippen LogP contribution in [-0.4, -0.2) is 41.5 Å². The molecule has 1 saturated heterocycles. The van der Waals surface area contributed by atoms with Gasteiger partial charge in [0.05, 0.1) is 6.42 Å². The van der Waals surface area contributed by atoms with Gasteiger partial charge >= 0.3 is 5.97 Å². The van der Waals surface area contributed by atoms with Gasteiger partial charge in [0.1, 0.15) is 0 Å². The summed E-state index contributed by atoms with van der Waals surface area (Å²) >= 11 is 1.51. The number of carbonyl (C=O) groups excluding carboxylic acids is 1. The van der Waals surface area contributed by atoms with Crippen LogP contribution in [0.4, 0.5) is 0 Å². The number of carboxylic acid groups (broad SMARTS) is 1. The first-order valence-corrected chi connectivity index (χ1v) is 7.74. The van der Waals surface area contributed by atoms with E-state index in [4.69, 9.17) is 5.11 Å². The lowest BCUT2D eigenvalue weighted by Gasteiger charge is -2.14. The third kappa shape index (κ3) is 4.61. The van der Waals surface area contributed by atoms with Crippen molar-refractivity contribution in [2.45, 2.75) is 32.2 Å². The van der Waals surface area contributed by atoms with Crippen LogP contribution in [-0.2, 0) is 22.6 Å². The van der Waals surface area contributed by atoms with E-state index in [-0.39, 0.29) is 12.3 Å². The molecule has 2 N–H and O–H groups in total. The van der Waals surface area contributed by atoms with Crippen molar-refractivity contribution in [2.24, 2.45) is 0 Å². The summed E-state index contributed by atoms with van der Waals surface area (Å²) < 4.78 is 0. The monoisotopic (exact) mass is 296 g/mol. The molecule has 1 aromatic rings. The van der Waals surface area contributed by atoms with E-state index in [1.54, 1.807) is 0 Å². The summed E-state index contributed by atoms with van der Waals surface area (Å²) in [7, 11) is 0. The van der Waals surface area contributed by atoms with E-state index in [1.165, 1.54) is 11.3 Å². The van der Waals surface area contributed by atoms with Crippen molar-refractivity contribution in [2.75, 3.05) is 19.6 Å². The second kappa shape index (κ2) is 7.40. The molecule has 0 unspecified atom stereocenters. The molecule has 1 aromatic heterocycles. The molecule has 0 bridgehead atoms. The molecule has 1 aliphatic rings. The minimum absolute atomic E-state index is 0.0815. The van der Waals surface area contributed by atoms with Gasteiger partial charge in [-0.1, -0.05) is 0 Å². The molecule has 0 radical (unpaired) electrons. The van der Waals surface area contributed by atoms with Crippen molar-refractivity contribution < 1.29 is 14.7 Å². The van der Waals surface area contributed by atoms with Crippen LogP contribution in [0.25, 0.3) is 0 Å². The summed E-state index contributed by atoms with van der Waals surface area (Å²) in [6, 6.07) is 3.80. The summed E-state index contributed by atoms with van der Waals surface area (Å²) in [6.07, 6.45) is 2.87. The lowest BCUT2D eigenvalue weighted by Crippen LogP contribution is -2.30. The van der Waals surface area contributed by atoms with Gasteiger partial charge in [-0.05, 0) is 25.0 Å². The molecule has 0 saturated carbocycles. The van der Waals surface area contributed by atoms with E-state index in [1.807, 2.05) is 17.0 Å². The molecule has 5 nitrogen and oxygen atoms in total. The molecule has 1 fully saturated rings. The van der Waals surface area contributed by atoms with Crippen LogP contribution in [0.5, 0.6) is 0 Å². The van der Waals surface area contributed by atoms with Gasteiger partial charge < -0.3 is 15.3 Å².